The van der Waals surface area contributed by atoms with E-state index in [1.165, 1.54) is 18.1 Å². The third kappa shape index (κ3) is 3.42. The maximum atomic E-state index is 12.7. The Morgan fingerprint density at radius 1 is 1.00 bits per heavy atom. The molecule has 1 aromatic rings. The summed E-state index contributed by atoms with van der Waals surface area (Å²) in [6.45, 7) is 0.403. The number of rotatable bonds is 4. The van der Waals surface area contributed by atoms with Crippen LogP contribution < -0.4 is 0 Å². The Kier molecular flexibility index (Phi) is 5.13. The van der Waals surface area contributed by atoms with Crippen LogP contribution in [0.3, 0.4) is 0 Å². The van der Waals surface area contributed by atoms with Crippen LogP contribution in [-0.2, 0) is 14.6 Å². The number of methoxy groups -OCH3 is 1. The molecule has 2 aliphatic rings. The minimum atomic E-state index is -3.19. The van der Waals surface area contributed by atoms with Crippen LogP contribution in [0.1, 0.15) is 52.8 Å². The van der Waals surface area contributed by atoms with Gasteiger partial charge in [-0.1, -0.05) is 31.4 Å². The maximum absolute atomic E-state index is 12.7. The van der Waals surface area contributed by atoms with Crippen molar-refractivity contribution in [2.24, 2.45) is 0 Å². The number of amides is 1. The lowest BCUT2D eigenvalue weighted by molar-refractivity contribution is 0.0577. The molecule has 1 saturated heterocycles. The molecule has 2 fully saturated rings. The van der Waals surface area contributed by atoms with E-state index < -0.39 is 21.1 Å². The lowest BCUT2D eigenvalue weighted by Gasteiger charge is -2.41. The molecular formula is C18H23NO5S. The molecule has 0 radical (unpaired) electrons. The van der Waals surface area contributed by atoms with Crippen LogP contribution in [-0.4, -0.2) is 55.9 Å². The number of nitrogens with zero attached hydrogens (tertiary/aromatic N) is 1. The summed E-state index contributed by atoms with van der Waals surface area (Å²) >= 11 is 0. The highest BCUT2D eigenvalue weighted by Gasteiger charge is 2.44. The molecule has 136 valence electrons. The highest BCUT2D eigenvalue weighted by molar-refractivity contribution is 7.92. The Balaban J connectivity index is 1.69. The highest BCUT2D eigenvalue weighted by atomic mass is 32.2. The molecule has 1 heterocycles. The zero-order valence-corrected chi connectivity index (χ0v) is 15.1. The van der Waals surface area contributed by atoms with E-state index >= 15 is 0 Å². The summed E-state index contributed by atoms with van der Waals surface area (Å²) in [5.74, 6) is -0.896. The van der Waals surface area contributed by atoms with Crippen LogP contribution >= 0.6 is 0 Å². The van der Waals surface area contributed by atoms with Gasteiger partial charge in [-0.2, -0.15) is 0 Å². The van der Waals surface area contributed by atoms with E-state index in [1.807, 2.05) is 0 Å². The summed E-state index contributed by atoms with van der Waals surface area (Å²) in [6, 6.07) is 6.44. The van der Waals surface area contributed by atoms with Crippen molar-refractivity contribution >= 4 is 21.7 Å². The van der Waals surface area contributed by atoms with Gasteiger partial charge in [0.2, 0.25) is 0 Å². The van der Waals surface area contributed by atoms with Gasteiger partial charge >= 0.3 is 5.97 Å². The highest BCUT2D eigenvalue weighted by Crippen LogP contribution is 2.30. The molecule has 0 N–H and O–H groups in total. The van der Waals surface area contributed by atoms with Crippen LogP contribution in [0.2, 0.25) is 0 Å². The number of likely N-dealkylation sites (tertiary alicyclic amines) is 1. The zero-order chi connectivity index (χ0) is 18.0. The van der Waals surface area contributed by atoms with Crippen LogP contribution in [0.5, 0.6) is 0 Å². The Morgan fingerprint density at radius 2 is 1.60 bits per heavy atom. The molecule has 6 nitrogen and oxygen atoms in total. The normalized spacial score (nSPS) is 19.3. The SMILES string of the molecule is COC(=O)c1ccccc1C(=O)N1CC(S(=O)(=O)C2CCCCC2)C1. The molecule has 0 aromatic heterocycles. The van der Waals surface area contributed by atoms with Gasteiger partial charge in [0.1, 0.15) is 0 Å². The predicted molar refractivity (Wildman–Crippen MR) is 93.3 cm³/mol. The van der Waals surface area contributed by atoms with Crippen molar-refractivity contribution in [2.45, 2.75) is 42.6 Å². The minimum Gasteiger partial charge on any atom is -0.465 e. The average molecular weight is 365 g/mol. The van der Waals surface area contributed by atoms with Crippen molar-refractivity contribution in [1.29, 1.82) is 0 Å². The van der Waals surface area contributed by atoms with Crippen LogP contribution in [0.25, 0.3) is 0 Å². The predicted octanol–water partition coefficient (Wildman–Crippen LogP) is 2.05. The molecule has 0 atom stereocenters. The van der Waals surface area contributed by atoms with E-state index in [0.29, 0.717) is 0 Å². The van der Waals surface area contributed by atoms with Gasteiger partial charge in [0.25, 0.3) is 5.91 Å². The topological polar surface area (TPSA) is 80.8 Å². The summed E-state index contributed by atoms with van der Waals surface area (Å²) in [5, 5.41) is -0.740. The number of hydrogen-bond donors (Lipinski definition) is 0. The fraction of sp³-hybridized carbons (Fsp3) is 0.556. The standard InChI is InChI=1S/C18H23NO5S/c1-24-18(21)16-10-6-5-9-15(16)17(20)19-11-14(12-19)25(22,23)13-7-3-2-4-8-13/h5-6,9-10,13-14H,2-4,7-8,11-12H2,1H3. The molecule has 0 bridgehead atoms. The molecule has 3 rings (SSSR count). The number of esters is 1. The van der Waals surface area contributed by atoms with Gasteiger partial charge in [0.15, 0.2) is 9.84 Å². The monoisotopic (exact) mass is 365 g/mol. The molecule has 1 aromatic carbocycles. The van der Waals surface area contributed by atoms with E-state index in [-0.39, 0.29) is 35.4 Å². The lowest BCUT2D eigenvalue weighted by atomic mass is 10.0. The number of benzene rings is 1. The molecule has 0 spiro atoms. The second kappa shape index (κ2) is 7.15. The molecule has 1 amide bonds. The van der Waals surface area contributed by atoms with E-state index in [1.54, 1.807) is 18.2 Å². The molecule has 1 saturated carbocycles. The minimum absolute atomic E-state index is 0.202. The average Bonchev–Trinajstić information content (AvgIpc) is 2.60. The molecule has 25 heavy (non-hydrogen) atoms. The van der Waals surface area contributed by atoms with Gasteiger partial charge in [-0.15, -0.1) is 0 Å². The molecule has 0 unspecified atom stereocenters. The number of sulfone groups is 1. The number of carbonyl (C=O) groups excluding carboxylic acids is 2. The van der Waals surface area contributed by atoms with E-state index in [2.05, 4.69) is 0 Å². The van der Waals surface area contributed by atoms with Crippen LogP contribution in [0.4, 0.5) is 0 Å². The van der Waals surface area contributed by atoms with Crippen molar-refractivity contribution in [1.82, 2.24) is 4.90 Å². The first-order valence-corrected chi connectivity index (χ1v) is 10.3. The molecule has 7 heteroatoms. The zero-order valence-electron chi connectivity index (χ0n) is 14.3. The fourth-order valence-corrected chi connectivity index (χ4v) is 5.92. The van der Waals surface area contributed by atoms with Gasteiger partial charge in [-0.3, -0.25) is 4.79 Å². The van der Waals surface area contributed by atoms with Crippen molar-refractivity contribution in [3.63, 3.8) is 0 Å². The third-order valence-corrected chi connectivity index (χ3v) is 7.81. The van der Waals surface area contributed by atoms with Gasteiger partial charge in [-0.05, 0) is 25.0 Å². The Labute approximate surface area is 148 Å². The van der Waals surface area contributed by atoms with E-state index in [9.17, 15) is 18.0 Å². The maximum Gasteiger partial charge on any atom is 0.338 e. The quantitative estimate of drug-likeness (QED) is 0.763. The van der Waals surface area contributed by atoms with E-state index in [0.717, 1.165) is 32.1 Å². The van der Waals surface area contributed by atoms with Gasteiger partial charge in [-0.25, -0.2) is 13.2 Å². The van der Waals surface area contributed by atoms with Crippen molar-refractivity contribution in [3.05, 3.63) is 35.4 Å². The number of carbonyl (C=O) groups is 2. The first-order chi connectivity index (χ1) is 11.9. The van der Waals surface area contributed by atoms with Crippen molar-refractivity contribution in [3.8, 4) is 0 Å². The first-order valence-electron chi connectivity index (χ1n) is 8.64. The second-order valence-electron chi connectivity index (χ2n) is 6.72. The second-order valence-corrected chi connectivity index (χ2v) is 9.23. The summed E-state index contributed by atoms with van der Waals surface area (Å²) in [4.78, 5) is 25.9. The van der Waals surface area contributed by atoms with Crippen molar-refractivity contribution in [2.75, 3.05) is 20.2 Å². The number of ether oxygens (including phenoxy) is 1. The van der Waals surface area contributed by atoms with Gasteiger partial charge in [0, 0.05) is 13.1 Å². The fourth-order valence-electron chi connectivity index (χ4n) is 3.61. The summed E-state index contributed by atoms with van der Waals surface area (Å²) in [6.07, 6.45) is 4.50. The Bertz CT molecular complexity index is 761. The third-order valence-electron chi connectivity index (χ3n) is 5.18. The molecule has 1 aliphatic heterocycles. The first kappa shape index (κ1) is 17.9. The van der Waals surface area contributed by atoms with Crippen molar-refractivity contribution < 1.29 is 22.7 Å². The largest absolute Gasteiger partial charge is 0.465 e. The summed E-state index contributed by atoms with van der Waals surface area (Å²) < 4.78 is 30.1. The summed E-state index contributed by atoms with van der Waals surface area (Å²) in [7, 11) is -1.93. The van der Waals surface area contributed by atoms with E-state index in [4.69, 9.17) is 4.74 Å². The lowest BCUT2D eigenvalue weighted by Crippen LogP contribution is -2.58. The Morgan fingerprint density at radius 3 is 2.20 bits per heavy atom. The number of hydrogen-bond acceptors (Lipinski definition) is 5. The molecule has 1 aliphatic carbocycles. The Hall–Kier alpha value is -1.89. The molecular weight excluding hydrogens is 342 g/mol. The van der Waals surface area contributed by atoms with Crippen LogP contribution in [0, 0.1) is 0 Å². The van der Waals surface area contributed by atoms with Gasteiger partial charge < -0.3 is 9.64 Å². The van der Waals surface area contributed by atoms with Gasteiger partial charge in [0.05, 0.1) is 28.7 Å². The smallest absolute Gasteiger partial charge is 0.338 e. The summed E-state index contributed by atoms with van der Waals surface area (Å²) in [5.41, 5.74) is 0.455. The van der Waals surface area contributed by atoms with Crippen LogP contribution in [0.15, 0.2) is 24.3 Å².